The summed E-state index contributed by atoms with van der Waals surface area (Å²) in [5.41, 5.74) is 2.06. The minimum absolute atomic E-state index is 0.0119. The third-order valence-corrected chi connectivity index (χ3v) is 3.84. The van der Waals surface area contributed by atoms with Crippen molar-refractivity contribution in [2.24, 2.45) is 0 Å². The fourth-order valence-corrected chi connectivity index (χ4v) is 2.46. The summed E-state index contributed by atoms with van der Waals surface area (Å²) in [4.78, 5) is 20.9. The van der Waals surface area contributed by atoms with Crippen LogP contribution in [0.15, 0.2) is 6.07 Å². The smallest absolute Gasteiger partial charge is 0.242 e. The zero-order valence-electron chi connectivity index (χ0n) is 12.6. The third kappa shape index (κ3) is 3.46. The molecule has 0 bridgehead atoms. The molecule has 5 nitrogen and oxygen atoms in total. The standard InChI is InChI=1S/C15H24N4O/c1-4-6-12(14(20)16-3)18-15-17-10(2)9-13(19-15)11-7-5-8-11/h9,11-12H,4-8H2,1-3H3,(H,16,20)(H,17,18,19)/t12-/m0/s1. The van der Waals surface area contributed by atoms with Crippen LogP contribution in [-0.4, -0.2) is 29.0 Å². The van der Waals surface area contributed by atoms with Crippen LogP contribution >= 0.6 is 0 Å². The van der Waals surface area contributed by atoms with Crippen molar-refractivity contribution in [3.63, 3.8) is 0 Å². The van der Waals surface area contributed by atoms with E-state index in [9.17, 15) is 4.79 Å². The van der Waals surface area contributed by atoms with Gasteiger partial charge in [-0.3, -0.25) is 4.79 Å². The predicted octanol–water partition coefficient (Wildman–Crippen LogP) is 2.38. The van der Waals surface area contributed by atoms with Crippen molar-refractivity contribution in [3.8, 4) is 0 Å². The minimum atomic E-state index is -0.263. The topological polar surface area (TPSA) is 66.9 Å². The van der Waals surface area contributed by atoms with Gasteiger partial charge >= 0.3 is 0 Å². The van der Waals surface area contributed by atoms with Crippen LogP contribution in [0.2, 0.25) is 0 Å². The predicted molar refractivity (Wildman–Crippen MR) is 79.7 cm³/mol. The lowest BCUT2D eigenvalue weighted by Crippen LogP contribution is -2.38. The second kappa shape index (κ2) is 6.68. The maximum atomic E-state index is 11.8. The molecule has 1 aliphatic carbocycles. The van der Waals surface area contributed by atoms with E-state index < -0.39 is 0 Å². The van der Waals surface area contributed by atoms with Crippen molar-refractivity contribution in [3.05, 3.63) is 17.5 Å². The van der Waals surface area contributed by atoms with Gasteiger partial charge in [0.2, 0.25) is 11.9 Å². The molecule has 1 aromatic rings. The van der Waals surface area contributed by atoms with Gasteiger partial charge in [-0.05, 0) is 32.3 Å². The summed E-state index contributed by atoms with van der Waals surface area (Å²) < 4.78 is 0. The second-order valence-electron chi connectivity index (χ2n) is 5.49. The molecule has 0 aliphatic heterocycles. The Morgan fingerprint density at radius 2 is 2.20 bits per heavy atom. The molecule has 0 spiro atoms. The van der Waals surface area contributed by atoms with Crippen molar-refractivity contribution in [1.29, 1.82) is 0 Å². The number of aryl methyl sites for hydroxylation is 1. The van der Waals surface area contributed by atoms with Crippen LogP contribution in [0.5, 0.6) is 0 Å². The van der Waals surface area contributed by atoms with Crippen LogP contribution in [0.1, 0.15) is 56.3 Å². The number of aromatic nitrogens is 2. The lowest BCUT2D eigenvalue weighted by molar-refractivity contribution is -0.121. The summed E-state index contributed by atoms with van der Waals surface area (Å²) in [6.45, 7) is 4.04. The van der Waals surface area contributed by atoms with Crippen molar-refractivity contribution in [2.75, 3.05) is 12.4 Å². The van der Waals surface area contributed by atoms with E-state index in [1.807, 2.05) is 6.92 Å². The van der Waals surface area contributed by atoms with Crippen LogP contribution in [0, 0.1) is 6.92 Å². The molecule has 0 unspecified atom stereocenters. The largest absolute Gasteiger partial charge is 0.357 e. The molecule has 2 N–H and O–H groups in total. The Bertz CT molecular complexity index is 471. The van der Waals surface area contributed by atoms with E-state index in [0.29, 0.717) is 11.9 Å². The first kappa shape index (κ1) is 14.8. The Kier molecular flexibility index (Phi) is 4.93. The Balaban J connectivity index is 2.13. The number of hydrogen-bond acceptors (Lipinski definition) is 4. The van der Waals surface area contributed by atoms with Crippen LogP contribution in [0.25, 0.3) is 0 Å². The monoisotopic (exact) mass is 276 g/mol. The maximum Gasteiger partial charge on any atom is 0.242 e. The average Bonchev–Trinajstić information content (AvgIpc) is 2.34. The van der Waals surface area contributed by atoms with Gasteiger partial charge in [-0.2, -0.15) is 0 Å². The summed E-state index contributed by atoms with van der Waals surface area (Å²) in [6.07, 6.45) is 5.42. The Hall–Kier alpha value is -1.65. The summed E-state index contributed by atoms with van der Waals surface area (Å²) in [5, 5.41) is 5.87. The molecule has 1 heterocycles. The fourth-order valence-electron chi connectivity index (χ4n) is 2.46. The Morgan fingerprint density at radius 1 is 1.45 bits per heavy atom. The van der Waals surface area contributed by atoms with Gasteiger partial charge in [-0.25, -0.2) is 9.97 Å². The van der Waals surface area contributed by atoms with E-state index in [2.05, 4.69) is 33.6 Å². The molecular formula is C15H24N4O. The number of hydrogen-bond donors (Lipinski definition) is 2. The first-order valence-electron chi connectivity index (χ1n) is 7.47. The number of likely N-dealkylation sites (N-methyl/N-ethyl adjacent to an activating group) is 1. The van der Waals surface area contributed by atoms with Gasteiger partial charge in [0.15, 0.2) is 0 Å². The number of carbonyl (C=O) groups is 1. The molecule has 5 heteroatoms. The SMILES string of the molecule is CCC[C@H](Nc1nc(C)cc(C2CCC2)n1)C(=O)NC. The maximum absolute atomic E-state index is 11.8. The Labute approximate surface area is 120 Å². The van der Waals surface area contributed by atoms with E-state index in [4.69, 9.17) is 0 Å². The number of nitrogens with one attached hydrogen (secondary N) is 2. The van der Waals surface area contributed by atoms with E-state index in [1.54, 1.807) is 7.05 Å². The van der Waals surface area contributed by atoms with E-state index in [0.717, 1.165) is 24.2 Å². The number of rotatable bonds is 6. The molecule has 0 aromatic carbocycles. The zero-order chi connectivity index (χ0) is 14.5. The van der Waals surface area contributed by atoms with Crippen molar-refractivity contribution in [1.82, 2.24) is 15.3 Å². The molecule has 1 aliphatic rings. The second-order valence-corrected chi connectivity index (χ2v) is 5.49. The first-order valence-corrected chi connectivity index (χ1v) is 7.47. The minimum Gasteiger partial charge on any atom is -0.357 e. The summed E-state index contributed by atoms with van der Waals surface area (Å²) in [7, 11) is 1.66. The third-order valence-electron chi connectivity index (χ3n) is 3.84. The van der Waals surface area contributed by atoms with Gasteiger partial charge in [-0.15, -0.1) is 0 Å². The molecule has 0 radical (unpaired) electrons. The van der Waals surface area contributed by atoms with Gasteiger partial charge in [-0.1, -0.05) is 19.8 Å². The molecule has 2 rings (SSSR count). The normalized spacial score (nSPS) is 16.4. The lowest BCUT2D eigenvalue weighted by atomic mass is 9.83. The molecule has 1 atom stereocenters. The molecule has 1 aromatic heterocycles. The lowest BCUT2D eigenvalue weighted by Gasteiger charge is -2.25. The quantitative estimate of drug-likeness (QED) is 0.837. The molecule has 1 fully saturated rings. The van der Waals surface area contributed by atoms with Crippen molar-refractivity contribution < 1.29 is 4.79 Å². The van der Waals surface area contributed by atoms with Crippen LogP contribution < -0.4 is 10.6 Å². The van der Waals surface area contributed by atoms with Crippen molar-refractivity contribution >= 4 is 11.9 Å². The number of carbonyl (C=O) groups excluding carboxylic acids is 1. The van der Waals surface area contributed by atoms with Gasteiger partial charge < -0.3 is 10.6 Å². The van der Waals surface area contributed by atoms with E-state index >= 15 is 0 Å². The molecule has 1 amide bonds. The highest BCUT2D eigenvalue weighted by Crippen LogP contribution is 2.35. The highest BCUT2D eigenvalue weighted by molar-refractivity contribution is 5.83. The average molecular weight is 276 g/mol. The number of nitrogens with zero attached hydrogens (tertiary/aromatic N) is 2. The number of anilines is 1. The Morgan fingerprint density at radius 3 is 2.75 bits per heavy atom. The zero-order valence-corrected chi connectivity index (χ0v) is 12.6. The van der Waals surface area contributed by atoms with Gasteiger partial charge in [0.25, 0.3) is 0 Å². The van der Waals surface area contributed by atoms with Gasteiger partial charge in [0.1, 0.15) is 6.04 Å². The molecule has 110 valence electrons. The van der Waals surface area contributed by atoms with Gasteiger partial charge in [0, 0.05) is 24.4 Å². The van der Waals surface area contributed by atoms with Gasteiger partial charge in [0.05, 0.1) is 0 Å². The molecule has 1 saturated carbocycles. The highest BCUT2D eigenvalue weighted by atomic mass is 16.2. The fraction of sp³-hybridized carbons (Fsp3) is 0.667. The molecule has 0 saturated heterocycles. The summed E-state index contributed by atoms with van der Waals surface area (Å²) >= 11 is 0. The summed E-state index contributed by atoms with van der Waals surface area (Å²) in [6, 6.07) is 1.80. The summed E-state index contributed by atoms with van der Waals surface area (Å²) in [5.74, 6) is 1.14. The van der Waals surface area contributed by atoms with Crippen LogP contribution in [-0.2, 0) is 4.79 Å². The molecular weight excluding hydrogens is 252 g/mol. The van der Waals surface area contributed by atoms with Crippen LogP contribution in [0.3, 0.4) is 0 Å². The van der Waals surface area contributed by atoms with Crippen LogP contribution in [0.4, 0.5) is 5.95 Å². The molecule has 20 heavy (non-hydrogen) atoms. The number of amides is 1. The van der Waals surface area contributed by atoms with E-state index in [1.165, 1.54) is 19.3 Å². The highest BCUT2D eigenvalue weighted by Gasteiger charge is 2.23. The van der Waals surface area contributed by atoms with Crippen molar-refractivity contribution in [2.45, 2.75) is 57.9 Å². The first-order chi connectivity index (χ1) is 9.63. The van der Waals surface area contributed by atoms with E-state index in [-0.39, 0.29) is 11.9 Å².